The summed E-state index contributed by atoms with van der Waals surface area (Å²) in [6, 6.07) is 0. The third kappa shape index (κ3) is 6.45. The predicted molar refractivity (Wildman–Crippen MR) is 93.5 cm³/mol. The van der Waals surface area contributed by atoms with Crippen molar-refractivity contribution in [3.05, 3.63) is 0 Å². The number of guanidine groups is 1. The molecule has 0 aromatic carbocycles. The molecular weight excluding hydrogens is 284 g/mol. The Morgan fingerprint density at radius 3 is 2.52 bits per heavy atom. The van der Waals surface area contributed by atoms with Crippen molar-refractivity contribution in [2.45, 2.75) is 31.2 Å². The van der Waals surface area contributed by atoms with Crippen molar-refractivity contribution in [3.63, 3.8) is 0 Å². The largest absolute Gasteiger partial charge is 0.381 e. The molecular formula is C15H32N4OS. The maximum absolute atomic E-state index is 5.51. The lowest BCUT2D eigenvalue weighted by Gasteiger charge is -2.43. The molecule has 0 aromatic rings. The van der Waals surface area contributed by atoms with Crippen molar-refractivity contribution in [1.82, 2.24) is 15.5 Å². The monoisotopic (exact) mass is 316 g/mol. The highest BCUT2D eigenvalue weighted by atomic mass is 32.2. The Bertz CT molecular complexity index is 304. The molecule has 2 N–H and O–H groups in total. The van der Waals surface area contributed by atoms with Gasteiger partial charge in [0.15, 0.2) is 5.96 Å². The molecule has 21 heavy (non-hydrogen) atoms. The van der Waals surface area contributed by atoms with E-state index < -0.39 is 0 Å². The van der Waals surface area contributed by atoms with Gasteiger partial charge in [-0.1, -0.05) is 0 Å². The van der Waals surface area contributed by atoms with Crippen LogP contribution in [0.15, 0.2) is 4.99 Å². The van der Waals surface area contributed by atoms with Crippen LogP contribution in [0.25, 0.3) is 0 Å². The fourth-order valence-electron chi connectivity index (χ4n) is 2.58. The Morgan fingerprint density at radius 1 is 1.24 bits per heavy atom. The van der Waals surface area contributed by atoms with Crippen molar-refractivity contribution < 1.29 is 4.74 Å². The zero-order valence-corrected chi connectivity index (χ0v) is 14.9. The van der Waals surface area contributed by atoms with Gasteiger partial charge in [-0.2, -0.15) is 11.8 Å². The van der Waals surface area contributed by atoms with Crippen LogP contribution in [0.1, 0.15) is 25.7 Å². The lowest BCUT2D eigenvalue weighted by molar-refractivity contribution is -0.00501. The van der Waals surface area contributed by atoms with Crippen LogP contribution in [0, 0.1) is 0 Å². The summed E-state index contributed by atoms with van der Waals surface area (Å²) < 4.78 is 5.51. The first-order valence-corrected chi connectivity index (χ1v) is 9.22. The molecule has 0 unspecified atom stereocenters. The summed E-state index contributed by atoms with van der Waals surface area (Å²) in [4.78, 5) is 6.65. The molecule has 0 saturated carbocycles. The quantitative estimate of drug-likeness (QED) is 0.403. The van der Waals surface area contributed by atoms with Gasteiger partial charge in [0.2, 0.25) is 0 Å². The van der Waals surface area contributed by atoms with Crippen LogP contribution < -0.4 is 10.6 Å². The minimum atomic E-state index is 0.175. The number of unbranched alkanes of at least 4 members (excludes halogenated alkanes) is 1. The van der Waals surface area contributed by atoms with Crippen molar-refractivity contribution >= 4 is 17.7 Å². The van der Waals surface area contributed by atoms with Crippen molar-refractivity contribution in [3.8, 4) is 0 Å². The number of rotatable bonds is 8. The highest BCUT2D eigenvalue weighted by molar-refractivity contribution is 7.98. The van der Waals surface area contributed by atoms with E-state index in [1.54, 1.807) is 0 Å². The van der Waals surface area contributed by atoms with E-state index in [1.165, 1.54) is 18.6 Å². The van der Waals surface area contributed by atoms with E-state index in [9.17, 15) is 0 Å². The van der Waals surface area contributed by atoms with Gasteiger partial charge in [0, 0.05) is 38.9 Å². The van der Waals surface area contributed by atoms with Crippen LogP contribution in [0.2, 0.25) is 0 Å². The number of likely N-dealkylation sites (N-methyl/N-ethyl adjacent to an activating group) is 1. The molecule has 1 aliphatic heterocycles. The van der Waals surface area contributed by atoms with E-state index in [-0.39, 0.29) is 5.54 Å². The second-order valence-corrected chi connectivity index (χ2v) is 6.77. The highest BCUT2D eigenvalue weighted by Gasteiger charge is 2.34. The minimum absolute atomic E-state index is 0.175. The first kappa shape index (κ1) is 18.6. The van der Waals surface area contributed by atoms with E-state index >= 15 is 0 Å². The molecule has 0 amide bonds. The fourth-order valence-corrected chi connectivity index (χ4v) is 3.07. The standard InChI is InChI=1S/C15H32N4OS/c1-16-14(17-9-5-6-12-21-4)18-13-15(19(2)3)7-10-20-11-8-15/h5-13H2,1-4H3,(H2,16,17,18). The van der Waals surface area contributed by atoms with Crippen LogP contribution in [-0.4, -0.2) is 75.9 Å². The summed E-state index contributed by atoms with van der Waals surface area (Å²) in [7, 11) is 6.15. The zero-order valence-electron chi connectivity index (χ0n) is 14.1. The van der Waals surface area contributed by atoms with Crippen molar-refractivity contribution in [2.24, 2.45) is 4.99 Å². The number of nitrogens with zero attached hydrogens (tertiary/aromatic N) is 2. The number of thioether (sulfide) groups is 1. The molecule has 1 rings (SSSR count). The van der Waals surface area contributed by atoms with Gasteiger partial charge in [-0.05, 0) is 51.8 Å². The molecule has 0 radical (unpaired) electrons. The molecule has 0 aliphatic carbocycles. The third-order valence-corrected chi connectivity index (χ3v) is 4.95. The van der Waals surface area contributed by atoms with Crippen LogP contribution in [0.3, 0.4) is 0 Å². The number of aliphatic imine (C=N–C) groups is 1. The molecule has 0 aromatic heterocycles. The summed E-state index contributed by atoms with van der Waals surface area (Å²) in [5.74, 6) is 2.14. The Kier molecular flexibility index (Phi) is 9.11. The van der Waals surface area contributed by atoms with Gasteiger partial charge in [0.1, 0.15) is 0 Å². The van der Waals surface area contributed by atoms with Crippen LogP contribution in [0.4, 0.5) is 0 Å². The van der Waals surface area contributed by atoms with Crippen LogP contribution in [-0.2, 0) is 4.74 Å². The molecule has 124 valence electrons. The van der Waals surface area contributed by atoms with E-state index in [2.05, 4.69) is 40.9 Å². The topological polar surface area (TPSA) is 48.9 Å². The zero-order chi connectivity index (χ0) is 15.6. The van der Waals surface area contributed by atoms with Crippen LogP contribution in [0.5, 0.6) is 0 Å². The van der Waals surface area contributed by atoms with Crippen molar-refractivity contribution in [1.29, 1.82) is 0 Å². The first-order valence-electron chi connectivity index (χ1n) is 7.83. The van der Waals surface area contributed by atoms with E-state index in [4.69, 9.17) is 4.74 Å². The second-order valence-electron chi connectivity index (χ2n) is 5.78. The van der Waals surface area contributed by atoms with Gasteiger partial charge in [-0.15, -0.1) is 0 Å². The maximum atomic E-state index is 5.51. The SMILES string of the molecule is CN=C(NCCCCSC)NCC1(N(C)C)CCOCC1. The van der Waals surface area contributed by atoms with Gasteiger partial charge < -0.3 is 20.3 Å². The normalized spacial score (nSPS) is 18.8. The first-order chi connectivity index (χ1) is 10.1. The number of hydrogen-bond acceptors (Lipinski definition) is 4. The molecule has 0 atom stereocenters. The third-order valence-electron chi connectivity index (χ3n) is 4.25. The molecule has 1 heterocycles. The Balaban J connectivity index is 2.35. The van der Waals surface area contributed by atoms with Gasteiger partial charge in [0.05, 0.1) is 0 Å². The lowest BCUT2D eigenvalue weighted by Crippen LogP contribution is -2.57. The van der Waals surface area contributed by atoms with E-state index in [0.717, 1.165) is 45.1 Å². The molecule has 5 nitrogen and oxygen atoms in total. The molecule has 1 saturated heterocycles. The average Bonchev–Trinajstić information content (AvgIpc) is 2.51. The van der Waals surface area contributed by atoms with E-state index in [0.29, 0.717) is 0 Å². The van der Waals surface area contributed by atoms with Crippen LogP contribution >= 0.6 is 11.8 Å². The van der Waals surface area contributed by atoms with E-state index in [1.807, 2.05) is 18.8 Å². The van der Waals surface area contributed by atoms with Gasteiger partial charge in [0.25, 0.3) is 0 Å². The average molecular weight is 317 g/mol. The van der Waals surface area contributed by atoms with Crippen molar-refractivity contribution in [2.75, 3.05) is 59.5 Å². The second kappa shape index (κ2) is 10.3. The Morgan fingerprint density at radius 2 is 1.95 bits per heavy atom. The molecule has 1 aliphatic rings. The highest BCUT2D eigenvalue weighted by Crippen LogP contribution is 2.24. The number of nitrogens with one attached hydrogen (secondary N) is 2. The fraction of sp³-hybridized carbons (Fsp3) is 0.933. The number of hydrogen-bond donors (Lipinski definition) is 2. The Hall–Kier alpha value is -0.460. The summed E-state index contributed by atoms with van der Waals surface area (Å²) in [6.07, 6.45) is 6.73. The smallest absolute Gasteiger partial charge is 0.191 e. The van der Waals surface area contributed by atoms with Gasteiger partial charge in [-0.25, -0.2) is 0 Å². The molecule has 0 bridgehead atoms. The summed E-state index contributed by atoms with van der Waals surface area (Å²) >= 11 is 1.91. The summed E-state index contributed by atoms with van der Waals surface area (Å²) in [5.41, 5.74) is 0.175. The minimum Gasteiger partial charge on any atom is -0.381 e. The number of ether oxygens (including phenoxy) is 1. The molecule has 0 spiro atoms. The summed E-state index contributed by atoms with van der Waals surface area (Å²) in [5, 5.41) is 6.89. The maximum Gasteiger partial charge on any atom is 0.191 e. The Labute approximate surface area is 134 Å². The molecule has 6 heteroatoms. The lowest BCUT2D eigenvalue weighted by atomic mass is 9.88. The molecule has 1 fully saturated rings. The predicted octanol–water partition coefficient (Wildman–Crippen LogP) is 1.41. The van der Waals surface area contributed by atoms with Gasteiger partial charge >= 0.3 is 0 Å². The summed E-state index contributed by atoms with van der Waals surface area (Å²) in [6.45, 7) is 3.59. The van der Waals surface area contributed by atoms with Gasteiger partial charge in [-0.3, -0.25) is 4.99 Å².